The summed E-state index contributed by atoms with van der Waals surface area (Å²) in [6, 6.07) is 0.350. The fourth-order valence-corrected chi connectivity index (χ4v) is 1.86. The SMILES string of the molecule is CN(C=O)C(CC(C)(C)C)CC(C)(C)C. The predicted molar refractivity (Wildman–Crippen MR) is 65.8 cm³/mol. The predicted octanol–water partition coefficient (Wildman–Crippen LogP) is 3.32. The van der Waals surface area contributed by atoms with Crippen molar-refractivity contribution in [2.24, 2.45) is 10.8 Å². The molecule has 2 nitrogen and oxygen atoms in total. The first-order chi connectivity index (χ1) is 6.55. The van der Waals surface area contributed by atoms with Crippen molar-refractivity contribution in [1.82, 2.24) is 4.90 Å². The molecule has 0 aliphatic rings. The van der Waals surface area contributed by atoms with Crippen molar-refractivity contribution in [2.45, 2.75) is 60.4 Å². The molecule has 0 rings (SSSR count). The van der Waals surface area contributed by atoms with Crippen LogP contribution < -0.4 is 0 Å². The Hall–Kier alpha value is -0.530. The van der Waals surface area contributed by atoms with Gasteiger partial charge in [-0.25, -0.2) is 0 Å². The zero-order valence-electron chi connectivity index (χ0n) is 11.4. The molecular weight excluding hydrogens is 186 g/mol. The van der Waals surface area contributed by atoms with Gasteiger partial charge in [0.25, 0.3) is 0 Å². The lowest BCUT2D eigenvalue weighted by Gasteiger charge is -2.35. The van der Waals surface area contributed by atoms with Crippen LogP contribution in [0, 0.1) is 10.8 Å². The van der Waals surface area contributed by atoms with Crippen molar-refractivity contribution < 1.29 is 4.79 Å². The van der Waals surface area contributed by atoms with Crippen molar-refractivity contribution in [3.63, 3.8) is 0 Å². The number of carbonyl (C=O) groups is 1. The topological polar surface area (TPSA) is 20.3 Å². The summed E-state index contributed by atoms with van der Waals surface area (Å²) in [6.07, 6.45) is 3.06. The van der Waals surface area contributed by atoms with Gasteiger partial charge in [-0.1, -0.05) is 41.5 Å². The maximum atomic E-state index is 10.8. The van der Waals surface area contributed by atoms with Gasteiger partial charge in [0, 0.05) is 13.1 Å². The third-order valence-electron chi connectivity index (χ3n) is 2.44. The summed E-state index contributed by atoms with van der Waals surface area (Å²) in [4.78, 5) is 12.7. The van der Waals surface area contributed by atoms with Gasteiger partial charge in [-0.2, -0.15) is 0 Å². The van der Waals surface area contributed by atoms with Crippen LogP contribution in [0.5, 0.6) is 0 Å². The Labute approximate surface area is 95.0 Å². The summed E-state index contributed by atoms with van der Waals surface area (Å²) >= 11 is 0. The Morgan fingerprint density at radius 2 is 1.33 bits per heavy atom. The summed E-state index contributed by atoms with van der Waals surface area (Å²) in [5.74, 6) is 0. The summed E-state index contributed by atoms with van der Waals surface area (Å²) < 4.78 is 0. The Bertz CT molecular complexity index is 182. The molecular formula is C13H27NO. The van der Waals surface area contributed by atoms with Crippen LogP contribution in [0.4, 0.5) is 0 Å². The fourth-order valence-electron chi connectivity index (χ4n) is 1.86. The summed E-state index contributed by atoms with van der Waals surface area (Å²) in [5, 5.41) is 0. The molecule has 0 N–H and O–H groups in total. The highest BCUT2D eigenvalue weighted by Gasteiger charge is 2.26. The molecule has 0 aromatic rings. The first-order valence-corrected chi connectivity index (χ1v) is 5.72. The lowest BCUT2D eigenvalue weighted by molar-refractivity contribution is -0.119. The molecule has 0 aromatic carbocycles. The van der Waals surface area contributed by atoms with Crippen LogP contribution >= 0.6 is 0 Å². The number of amides is 1. The summed E-state index contributed by atoms with van der Waals surface area (Å²) in [6.45, 7) is 13.3. The van der Waals surface area contributed by atoms with Crippen molar-refractivity contribution in [3.05, 3.63) is 0 Å². The number of hydrogen-bond acceptors (Lipinski definition) is 1. The lowest BCUT2D eigenvalue weighted by atomic mass is 9.80. The molecule has 0 radical (unpaired) electrons. The Balaban J connectivity index is 4.53. The van der Waals surface area contributed by atoms with Crippen LogP contribution in [0.15, 0.2) is 0 Å². The highest BCUT2D eigenvalue weighted by Crippen LogP contribution is 2.30. The van der Waals surface area contributed by atoms with E-state index >= 15 is 0 Å². The molecule has 90 valence electrons. The van der Waals surface area contributed by atoms with Gasteiger partial charge in [-0.3, -0.25) is 4.79 Å². The van der Waals surface area contributed by atoms with E-state index in [9.17, 15) is 4.79 Å². The van der Waals surface area contributed by atoms with E-state index in [0.717, 1.165) is 19.3 Å². The second-order valence-corrected chi connectivity index (χ2v) is 6.95. The molecule has 0 fully saturated rings. The molecule has 0 atom stereocenters. The van der Waals surface area contributed by atoms with Gasteiger partial charge in [-0.15, -0.1) is 0 Å². The smallest absolute Gasteiger partial charge is 0.209 e. The maximum Gasteiger partial charge on any atom is 0.209 e. The molecule has 0 saturated carbocycles. The molecule has 0 spiro atoms. The van der Waals surface area contributed by atoms with Gasteiger partial charge in [0.1, 0.15) is 0 Å². The average molecular weight is 213 g/mol. The van der Waals surface area contributed by atoms with Gasteiger partial charge in [0.15, 0.2) is 0 Å². The molecule has 2 heteroatoms. The van der Waals surface area contributed by atoms with Crippen molar-refractivity contribution in [3.8, 4) is 0 Å². The zero-order chi connectivity index (χ0) is 12.3. The minimum Gasteiger partial charge on any atom is -0.345 e. The number of carbonyl (C=O) groups excluding carboxylic acids is 1. The molecule has 0 aromatic heterocycles. The van der Waals surface area contributed by atoms with Crippen LogP contribution in [-0.4, -0.2) is 24.4 Å². The quantitative estimate of drug-likeness (QED) is 0.656. The molecule has 15 heavy (non-hydrogen) atoms. The third-order valence-corrected chi connectivity index (χ3v) is 2.44. The van der Waals surface area contributed by atoms with E-state index in [2.05, 4.69) is 41.5 Å². The molecule has 0 bridgehead atoms. The second-order valence-electron chi connectivity index (χ2n) is 6.95. The van der Waals surface area contributed by atoms with E-state index < -0.39 is 0 Å². The van der Waals surface area contributed by atoms with E-state index in [1.165, 1.54) is 0 Å². The first kappa shape index (κ1) is 14.5. The molecule has 1 amide bonds. The van der Waals surface area contributed by atoms with E-state index in [1.807, 2.05) is 11.9 Å². The Kier molecular flexibility index (Phi) is 4.82. The van der Waals surface area contributed by atoms with Crippen LogP contribution in [0.2, 0.25) is 0 Å². The van der Waals surface area contributed by atoms with E-state index in [0.29, 0.717) is 6.04 Å². The molecule has 0 aliphatic heterocycles. The molecule has 0 aliphatic carbocycles. The van der Waals surface area contributed by atoms with Gasteiger partial charge >= 0.3 is 0 Å². The third kappa shape index (κ3) is 7.40. The molecule has 0 unspecified atom stereocenters. The van der Waals surface area contributed by atoms with Crippen LogP contribution in [0.25, 0.3) is 0 Å². The monoisotopic (exact) mass is 213 g/mol. The van der Waals surface area contributed by atoms with Crippen LogP contribution in [0.1, 0.15) is 54.4 Å². The Morgan fingerprint density at radius 3 is 1.53 bits per heavy atom. The minimum atomic E-state index is 0.271. The minimum absolute atomic E-state index is 0.271. The largest absolute Gasteiger partial charge is 0.345 e. The van der Waals surface area contributed by atoms with E-state index in [-0.39, 0.29) is 10.8 Å². The maximum absolute atomic E-state index is 10.8. The highest BCUT2D eigenvalue weighted by molar-refractivity contribution is 5.47. The summed E-state index contributed by atoms with van der Waals surface area (Å²) in [5.41, 5.74) is 0.542. The number of hydrogen-bond donors (Lipinski definition) is 0. The van der Waals surface area contributed by atoms with Crippen LogP contribution in [0.3, 0.4) is 0 Å². The van der Waals surface area contributed by atoms with E-state index in [1.54, 1.807) is 0 Å². The average Bonchev–Trinajstić information content (AvgIpc) is 1.96. The van der Waals surface area contributed by atoms with Gasteiger partial charge in [0.05, 0.1) is 0 Å². The second kappa shape index (κ2) is 5.00. The lowest BCUT2D eigenvalue weighted by Crippen LogP contribution is -2.36. The van der Waals surface area contributed by atoms with Crippen molar-refractivity contribution >= 4 is 6.41 Å². The van der Waals surface area contributed by atoms with Gasteiger partial charge < -0.3 is 4.90 Å². The Morgan fingerprint density at radius 1 is 1.00 bits per heavy atom. The van der Waals surface area contributed by atoms with Crippen molar-refractivity contribution in [1.29, 1.82) is 0 Å². The number of nitrogens with zero attached hydrogens (tertiary/aromatic N) is 1. The zero-order valence-corrected chi connectivity index (χ0v) is 11.4. The van der Waals surface area contributed by atoms with Gasteiger partial charge in [0.2, 0.25) is 6.41 Å². The molecule has 0 heterocycles. The fraction of sp³-hybridized carbons (Fsp3) is 0.923. The first-order valence-electron chi connectivity index (χ1n) is 5.72. The normalized spacial score (nSPS) is 13.1. The standard InChI is InChI=1S/C13H27NO/c1-12(2,3)8-11(14(7)10-15)9-13(4,5)6/h10-11H,8-9H2,1-7H3. The van der Waals surface area contributed by atoms with E-state index in [4.69, 9.17) is 0 Å². The number of rotatable bonds is 4. The molecule has 0 saturated heterocycles. The highest BCUT2D eigenvalue weighted by atomic mass is 16.1. The van der Waals surface area contributed by atoms with Crippen LogP contribution in [-0.2, 0) is 4.79 Å². The van der Waals surface area contributed by atoms with Gasteiger partial charge in [-0.05, 0) is 23.7 Å². The van der Waals surface area contributed by atoms with Crippen molar-refractivity contribution in [2.75, 3.05) is 7.05 Å². The summed E-state index contributed by atoms with van der Waals surface area (Å²) in [7, 11) is 1.88.